The molecule has 5 heteroatoms. The summed E-state index contributed by atoms with van der Waals surface area (Å²) in [6.45, 7) is 2.06. The highest BCUT2D eigenvalue weighted by molar-refractivity contribution is 7.08. The van der Waals surface area contributed by atoms with Crippen LogP contribution in [-0.4, -0.2) is 29.1 Å². The SMILES string of the molecule is O=C(O)C1CCN(C(c2ccsc2)c2ccccc2OCc2ccccc2)CC1. The number of thiophene rings is 1. The van der Waals surface area contributed by atoms with Gasteiger partial charge in [-0.3, -0.25) is 9.69 Å². The van der Waals surface area contributed by atoms with E-state index in [1.54, 1.807) is 11.3 Å². The van der Waals surface area contributed by atoms with Crippen LogP contribution in [0.4, 0.5) is 0 Å². The molecule has 29 heavy (non-hydrogen) atoms. The van der Waals surface area contributed by atoms with E-state index in [9.17, 15) is 9.90 Å². The number of ether oxygens (including phenoxy) is 1. The fraction of sp³-hybridized carbons (Fsp3) is 0.292. The van der Waals surface area contributed by atoms with Gasteiger partial charge < -0.3 is 9.84 Å². The van der Waals surface area contributed by atoms with Gasteiger partial charge in [0.15, 0.2) is 0 Å². The van der Waals surface area contributed by atoms with Crippen molar-refractivity contribution in [3.05, 3.63) is 88.1 Å². The third kappa shape index (κ3) is 4.69. The maximum Gasteiger partial charge on any atom is 0.306 e. The van der Waals surface area contributed by atoms with E-state index in [4.69, 9.17) is 4.74 Å². The highest BCUT2D eigenvalue weighted by Gasteiger charge is 2.31. The number of carboxylic acid groups (broad SMARTS) is 1. The molecule has 0 bridgehead atoms. The molecule has 1 saturated heterocycles. The summed E-state index contributed by atoms with van der Waals surface area (Å²) in [5.41, 5.74) is 3.51. The Bertz CT molecular complexity index is 918. The zero-order chi connectivity index (χ0) is 20.1. The standard InChI is InChI=1S/C24H25NO3S/c26-24(27)19-10-13-25(14-11-19)23(20-12-15-29-17-20)21-8-4-5-9-22(21)28-16-18-6-2-1-3-7-18/h1-9,12,15,17,19,23H,10-11,13-14,16H2,(H,26,27). The first-order valence-corrected chi connectivity index (χ1v) is 10.9. The molecule has 1 aliphatic rings. The lowest BCUT2D eigenvalue weighted by atomic mass is 9.92. The molecule has 1 aromatic heterocycles. The molecule has 1 N–H and O–H groups in total. The fourth-order valence-electron chi connectivity index (χ4n) is 4.00. The average Bonchev–Trinajstić information content (AvgIpc) is 3.29. The van der Waals surface area contributed by atoms with Gasteiger partial charge in [-0.1, -0.05) is 48.5 Å². The molecule has 2 heterocycles. The molecule has 4 rings (SSSR count). The Balaban J connectivity index is 1.59. The Kier molecular flexibility index (Phi) is 6.27. The summed E-state index contributed by atoms with van der Waals surface area (Å²) in [4.78, 5) is 13.8. The van der Waals surface area contributed by atoms with E-state index in [1.807, 2.05) is 36.4 Å². The van der Waals surface area contributed by atoms with E-state index in [2.05, 4.69) is 39.9 Å². The highest BCUT2D eigenvalue weighted by Crippen LogP contribution is 2.38. The van der Waals surface area contributed by atoms with E-state index >= 15 is 0 Å². The maximum atomic E-state index is 11.4. The quantitative estimate of drug-likeness (QED) is 0.584. The minimum absolute atomic E-state index is 0.0722. The second kappa shape index (κ2) is 9.25. The molecular weight excluding hydrogens is 382 g/mol. The Hall–Kier alpha value is -2.63. The summed E-state index contributed by atoms with van der Waals surface area (Å²) in [6, 6.07) is 20.6. The molecule has 1 fully saturated rings. The zero-order valence-electron chi connectivity index (χ0n) is 16.2. The highest BCUT2D eigenvalue weighted by atomic mass is 32.1. The van der Waals surface area contributed by atoms with E-state index in [1.165, 1.54) is 5.56 Å². The summed E-state index contributed by atoms with van der Waals surface area (Å²) in [5, 5.41) is 13.6. The van der Waals surface area contributed by atoms with Gasteiger partial charge in [0.25, 0.3) is 0 Å². The number of likely N-dealkylation sites (tertiary alicyclic amines) is 1. The number of para-hydroxylation sites is 1. The van der Waals surface area contributed by atoms with Crippen LogP contribution in [0.5, 0.6) is 5.75 Å². The third-order valence-corrected chi connectivity index (χ3v) is 6.26. The molecule has 1 atom stereocenters. The summed E-state index contributed by atoms with van der Waals surface area (Å²) >= 11 is 1.69. The van der Waals surface area contributed by atoms with E-state index in [0.717, 1.165) is 30.0 Å². The zero-order valence-corrected chi connectivity index (χ0v) is 17.1. The number of aliphatic carboxylic acids is 1. The number of carbonyl (C=O) groups is 1. The number of piperidine rings is 1. The first-order valence-electron chi connectivity index (χ1n) is 9.97. The van der Waals surface area contributed by atoms with E-state index in [0.29, 0.717) is 19.4 Å². The largest absolute Gasteiger partial charge is 0.489 e. The maximum absolute atomic E-state index is 11.4. The molecule has 1 unspecified atom stereocenters. The van der Waals surface area contributed by atoms with Crippen molar-refractivity contribution in [1.29, 1.82) is 0 Å². The molecule has 2 aromatic carbocycles. The molecule has 0 spiro atoms. The first kappa shape index (κ1) is 19.7. The topological polar surface area (TPSA) is 49.8 Å². The lowest BCUT2D eigenvalue weighted by molar-refractivity contribution is -0.143. The molecule has 150 valence electrons. The number of rotatable bonds is 7. The number of nitrogens with zero attached hydrogens (tertiary/aromatic N) is 1. The summed E-state index contributed by atoms with van der Waals surface area (Å²) in [7, 11) is 0. The molecule has 0 aliphatic carbocycles. The Labute approximate surface area is 175 Å². The Morgan fingerprint density at radius 3 is 2.48 bits per heavy atom. The van der Waals surface area contributed by atoms with Crippen molar-refractivity contribution >= 4 is 17.3 Å². The van der Waals surface area contributed by atoms with Crippen LogP contribution in [-0.2, 0) is 11.4 Å². The van der Waals surface area contributed by atoms with Crippen molar-refractivity contribution in [3.8, 4) is 5.75 Å². The predicted octanol–water partition coefficient (Wildman–Crippen LogP) is 5.21. The normalized spacial score (nSPS) is 16.4. The minimum atomic E-state index is -0.677. The fourth-order valence-corrected chi connectivity index (χ4v) is 4.67. The average molecular weight is 408 g/mol. The minimum Gasteiger partial charge on any atom is -0.489 e. The van der Waals surface area contributed by atoms with Crippen LogP contribution >= 0.6 is 11.3 Å². The second-order valence-corrected chi connectivity index (χ2v) is 8.20. The summed E-state index contributed by atoms with van der Waals surface area (Å²) in [6.07, 6.45) is 1.37. The van der Waals surface area contributed by atoms with Crippen LogP contribution < -0.4 is 4.74 Å². The molecular formula is C24H25NO3S. The van der Waals surface area contributed by atoms with Crippen LogP contribution in [0.15, 0.2) is 71.4 Å². The summed E-state index contributed by atoms with van der Waals surface area (Å²) < 4.78 is 6.24. The van der Waals surface area contributed by atoms with Crippen molar-refractivity contribution in [2.24, 2.45) is 5.92 Å². The van der Waals surface area contributed by atoms with Gasteiger partial charge in [0.2, 0.25) is 0 Å². The molecule has 1 aliphatic heterocycles. The first-order chi connectivity index (χ1) is 14.2. The van der Waals surface area contributed by atoms with Gasteiger partial charge in [0.1, 0.15) is 12.4 Å². The van der Waals surface area contributed by atoms with Crippen molar-refractivity contribution in [1.82, 2.24) is 4.90 Å². The van der Waals surface area contributed by atoms with Crippen LogP contribution in [0.3, 0.4) is 0 Å². The number of hydrogen-bond donors (Lipinski definition) is 1. The molecule has 0 saturated carbocycles. The van der Waals surface area contributed by atoms with Crippen molar-refractivity contribution in [2.45, 2.75) is 25.5 Å². The number of carboxylic acids is 1. The van der Waals surface area contributed by atoms with Gasteiger partial charge in [0, 0.05) is 5.56 Å². The van der Waals surface area contributed by atoms with Crippen LogP contribution in [0.25, 0.3) is 0 Å². The lowest BCUT2D eigenvalue weighted by Gasteiger charge is -2.37. The van der Waals surface area contributed by atoms with Crippen molar-refractivity contribution in [3.63, 3.8) is 0 Å². The van der Waals surface area contributed by atoms with Crippen LogP contribution in [0.2, 0.25) is 0 Å². The van der Waals surface area contributed by atoms with E-state index < -0.39 is 5.97 Å². The van der Waals surface area contributed by atoms with Crippen LogP contribution in [0.1, 0.15) is 35.6 Å². The molecule has 4 nitrogen and oxygen atoms in total. The summed E-state index contributed by atoms with van der Waals surface area (Å²) in [5.74, 6) is -0.0322. The Morgan fingerprint density at radius 2 is 1.79 bits per heavy atom. The molecule has 3 aromatic rings. The van der Waals surface area contributed by atoms with Gasteiger partial charge in [-0.05, 0) is 60.0 Å². The number of hydrogen-bond acceptors (Lipinski definition) is 4. The van der Waals surface area contributed by atoms with Gasteiger partial charge in [-0.25, -0.2) is 0 Å². The Morgan fingerprint density at radius 1 is 1.07 bits per heavy atom. The number of benzene rings is 2. The monoisotopic (exact) mass is 407 g/mol. The second-order valence-electron chi connectivity index (χ2n) is 7.42. The van der Waals surface area contributed by atoms with Crippen LogP contribution in [0, 0.1) is 5.92 Å². The smallest absolute Gasteiger partial charge is 0.306 e. The third-order valence-electron chi connectivity index (χ3n) is 5.55. The van der Waals surface area contributed by atoms with Gasteiger partial charge in [-0.15, -0.1) is 0 Å². The van der Waals surface area contributed by atoms with Crippen molar-refractivity contribution < 1.29 is 14.6 Å². The van der Waals surface area contributed by atoms with Gasteiger partial charge in [0.05, 0.1) is 12.0 Å². The lowest BCUT2D eigenvalue weighted by Crippen LogP contribution is -2.39. The molecule has 0 radical (unpaired) electrons. The predicted molar refractivity (Wildman–Crippen MR) is 115 cm³/mol. The van der Waals surface area contributed by atoms with Gasteiger partial charge >= 0.3 is 5.97 Å². The molecule has 0 amide bonds. The van der Waals surface area contributed by atoms with Crippen molar-refractivity contribution in [2.75, 3.05) is 13.1 Å². The van der Waals surface area contributed by atoms with Gasteiger partial charge in [-0.2, -0.15) is 11.3 Å². The van der Waals surface area contributed by atoms with E-state index in [-0.39, 0.29) is 12.0 Å².